The van der Waals surface area contributed by atoms with E-state index in [0.717, 1.165) is 47.4 Å². The highest BCUT2D eigenvalue weighted by Gasteiger charge is 2.16. The number of para-hydroxylation sites is 1. The van der Waals surface area contributed by atoms with Crippen LogP contribution in [0.3, 0.4) is 0 Å². The van der Waals surface area contributed by atoms with E-state index in [2.05, 4.69) is 15.2 Å². The van der Waals surface area contributed by atoms with Crippen molar-refractivity contribution in [1.82, 2.24) is 10.3 Å². The van der Waals surface area contributed by atoms with Crippen molar-refractivity contribution in [2.45, 2.75) is 0 Å². The molecule has 1 aliphatic rings. The molecular weight excluding hydrogens is 362 g/mol. The molecule has 1 aromatic heterocycles. The summed E-state index contributed by atoms with van der Waals surface area (Å²) >= 11 is 1.62. The second-order valence-corrected chi connectivity index (χ2v) is 7.20. The van der Waals surface area contributed by atoms with Crippen LogP contribution in [0.1, 0.15) is 10.4 Å². The van der Waals surface area contributed by atoms with Gasteiger partial charge in [0.15, 0.2) is 5.13 Å². The largest absolute Gasteiger partial charge is 0.492 e. The lowest BCUT2D eigenvalue weighted by atomic mass is 10.2. The van der Waals surface area contributed by atoms with Crippen molar-refractivity contribution in [2.75, 3.05) is 44.4 Å². The van der Waals surface area contributed by atoms with Crippen LogP contribution in [0, 0.1) is 0 Å². The molecule has 1 saturated heterocycles. The Labute approximate surface area is 161 Å². The summed E-state index contributed by atoms with van der Waals surface area (Å²) in [5, 5.41) is 3.89. The average molecular weight is 383 g/mol. The van der Waals surface area contributed by atoms with Gasteiger partial charge in [-0.2, -0.15) is 0 Å². The molecule has 1 N–H and O–H groups in total. The van der Waals surface area contributed by atoms with Gasteiger partial charge in [-0.1, -0.05) is 29.5 Å². The predicted octanol–water partition coefficient (Wildman–Crippen LogP) is 2.94. The molecule has 2 aromatic carbocycles. The summed E-state index contributed by atoms with van der Waals surface area (Å²) in [6, 6.07) is 15.2. The number of benzene rings is 2. The van der Waals surface area contributed by atoms with Crippen LogP contribution in [0.25, 0.3) is 10.2 Å². The molecule has 0 spiro atoms. The highest BCUT2D eigenvalue weighted by molar-refractivity contribution is 7.22. The molecule has 4 rings (SSSR count). The molecule has 0 saturated carbocycles. The van der Waals surface area contributed by atoms with Gasteiger partial charge in [0.2, 0.25) is 0 Å². The molecule has 3 aromatic rings. The van der Waals surface area contributed by atoms with Crippen LogP contribution >= 0.6 is 11.3 Å². The predicted molar refractivity (Wildman–Crippen MR) is 107 cm³/mol. The van der Waals surface area contributed by atoms with Crippen molar-refractivity contribution >= 4 is 32.6 Å². The lowest BCUT2D eigenvalue weighted by Crippen LogP contribution is -2.36. The second-order valence-electron chi connectivity index (χ2n) is 6.20. The summed E-state index contributed by atoms with van der Waals surface area (Å²) in [4.78, 5) is 19.3. The minimum Gasteiger partial charge on any atom is -0.492 e. The standard InChI is InChI=1S/C20H21N3O3S/c24-19(21-8-11-26-16-4-2-1-3-5-16)15-6-7-17-18(14-15)27-20(22-17)23-9-12-25-13-10-23/h1-7,14H,8-13H2,(H,21,24). The summed E-state index contributed by atoms with van der Waals surface area (Å²) in [5.74, 6) is 0.698. The first-order valence-electron chi connectivity index (χ1n) is 8.99. The molecule has 6 nitrogen and oxygen atoms in total. The molecule has 140 valence electrons. The summed E-state index contributed by atoms with van der Waals surface area (Å²) in [5.41, 5.74) is 1.56. The van der Waals surface area contributed by atoms with E-state index in [1.807, 2.05) is 48.5 Å². The minimum absolute atomic E-state index is 0.102. The summed E-state index contributed by atoms with van der Waals surface area (Å²) in [6.07, 6.45) is 0. The van der Waals surface area contributed by atoms with Gasteiger partial charge in [-0.15, -0.1) is 0 Å². The molecule has 1 aliphatic heterocycles. The molecule has 0 bridgehead atoms. The van der Waals surface area contributed by atoms with Gasteiger partial charge >= 0.3 is 0 Å². The smallest absolute Gasteiger partial charge is 0.251 e. The number of aromatic nitrogens is 1. The topological polar surface area (TPSA) is 63.7 Å². The van der Waals surface area contributed by atoms with Gasteiger partial charge in [-0.3, -0.25) is 4.79 Å². The molecule has 27 heavy (non-hydrogen) atoms. The fraction of sp³-hybridized carbons (Fsp3) is 0.300. The Morgan fingerprint density at radius 3 is 2.81 bits per heavy atom. The highest BCUT2D eigenvalue weighted by Crippen LogP contribution is 2.30. The molecule has 2 heterocycles. The van der Waals surface area contributed by atoms with E-state index in [1.165, 1.54) is 0 Å². The SMILES string of the molecule is O=C(NCCOc1ccccc1)c1ccc2nc(N3CCOCC3)sc2c1. The van der Waals surface area contributed by atoms with Crippen LogP contribution in [0.4, 0.5) is 5.13 Å². The molecule has 0 unspecified atom stereocenters. The van der Waals surface area contributed by atoms with E-state index in [0.29, 0.717) is 18.7 Å². The van der Waals surface area contributed by atoms with Crippen molar-refractivity contribution in [1.29, 1.82) is 0 Å². The van der Waals surface area contributed by atoms with Crippen molar-refractivity contribution in [3.8, 4) is 5.75 Å². The van der Waals surface area contributed by atoms with Crippen LogP contribution in [-0.4, -0.2) is 50.3 Å². The normalized spacial score (nSPS) is 14.3. The fourth-order valence-corrected chi connectivity index (χ4v) is 3.95. The molecular formula is C20H21N3O3S. The number of hydrogen-bond acceptors (Lipinski definition) is 6. The Bertz CT molecular complexity index is 907. The maximum atomic E-state index is 12.4. The quantitative estimate of drug-likeness (QED) is 0.663. The monoisotopic (exact) mass is 383 g/mol. The number of thiazole rings is 1. The maximum Gasteiger partial charge on any atom is 0.251 e. The van der Waals surface area contributed by atoms with Crippen molar-refractivity contribution in [3.05, 3.63) is 54.1 Å². The third-order valence-electron chi connectivity index (χ3n) is 4.32. The van der Waals surface area contributed by atoms with Crippen LogP contribution < -0.4 is 15.0 Å². The van der Waals surface area contributed by atoms with E-state index in [1.54, 1.807) is 11.3 Å². The van der Waals surface area contributed by atoms with Gasteiger partial charge in [0, 0.05) is 18.7 Å². The van der Waals surface area contributed by atoms with Crippen LogP contribution in [0.2, 0.25) is 0 Å². The number of ether oxygens (including phenoxy) is 2. The molecule has 1 amide bonds. The molecule has 0 radical (unpaired) electrons. The first kappa shape index (κ1) is 17.8. The number of amides is 1. The average Bonchev–Trinajstić information content (AvgIpc) is 3.16. The van der Waals surface area contributed by atoms with Crippen LogP contribution in [0.15, 0.2) is 48.5 Å². The van der Waals surface area contributed by atoms with Crippen LogP contribution in [-0.2, 0) is 4.74 Å². The van der Waals surface area contributed by atoms with Crippen molar-refractivity contribution in [3.63, 3.8) is 0 Å². The molecule has 1 fully saturated rings. The highest BCUT2D eigenvalue weighted by atomic mass is 32.1. The lowest BCUT2D eigenvalue weighted by Gasteiger charge is -2.25. The third kappa shape index (κ3) is 4.37. The van der Waals surface area contributed by atoms with Crippen molar-refractivity contribution < 1.29 is 14.3 Å². The zero-order valence-corrected chi connectivity index (χ0v) is 15.7. The number of rotatable bonds is 6. The van der Waals surface area contributed by atoms with Crippen LogP contribution in [0.5, 0.6) is 5.75 Å². The van der Waals surface area contributed by atoms with E-state index in [-0.39, 0.29) is 5.91 Å². The van der Waals surface area contributed by atoms with E-state index in [4.69, 9.17) is 9.47 Å². The Morgan fingerprint density at radius 1 is 1.19 bits per heavy atom. The number of nitrogens with one attached hydrogen (secondary N) is 1. The minimum atomic E-state index is -0.102. The van der Waals surface area contributed by atoms with Gasteiger partial charge in [-0.25, -0.2) is 4.98 Å². The van der Waals surface area contributed by atoms with Gasteiger partial charge in [0.25, 0.3) is 5.91 Å². The summed E-state index contributed by atoms with van der Waals surface area (Å²) in [6.45, 7) is 4.06. The van der Waals surface area contributed by atoms with Gasteiger partial charge < -0.3 is 19.7 Å². The number of morpholine rings is 1. The Balaban J connectivity index is 1.35. The Morgan fingerprint density at radius 2 is 2.00 bits per heavy atom. The second kappa shape index (κ2) is 8.37. The number of fused-ring (bicyclic) bond motifs is 1. The molecule has 0 atom stereocenters. The Kier molecular flexibility index (Phi) is 5.50. The Hall–Kier alpha value is -2.64. The number of anilines is 1. The number of carbonyl (C=O) groups is 1. The maximum absolute atomic E-state index is 12.4. The molecule has 7 heteroatoms. The lowest BCUT2D eigenvalue weighted by molar-refractivity contribution is 0.0947. The zero-order valence-electron chi connectivity index (χ0n) is 14.9. The molecule has 0 aliphatic carbocycles. The summed E-state index contributed by atoms with van der Waals surface area (Å²) in [7, 11) is 0. The van der Waals surface area contributed by atoms with Gasteiger partial charge in [0.1, 0.15) is 12.4 Å². The third-order valence-corrected chi connectivity index (χ3v) is 5.40. The first-order valence-corrected chi connectivity index (χ1v) is 9.80. The first-order chi connectivity index (χ1) is 13.3. The zero-order chi connectivity index (χ0) is 18.5. The number of hydrogen-bond donors (Lipinski definition) is 1. The van der Waals surface area contributed by atoms with E-state index < -0.39 is 0 Å². The summed E-state index contributed by atoms with van der Waals surface area (Å²) < 4.78 is 12.0. The fourth-order valence-electron chi connectivity index (χ4n) is 2.90. The number of nitrogens with zero attached hydrogens (tertiary/aromatic N) is 2. The van der Waals surface area contributed by atoms with Gasteiger partial charge in [0.05, 0.1) is 30.0 Å². The van der Waals surface area contributed by atoms with E-state index >= 15 is 0 Å². The van der Waals surface area contributed by atoms with E-state index in [9.17, 15) is 4.79 Å². The van der Waals surface area contributed by atoms with Gasteiger partial charge in [-0.05, 0) is 30.3 Å². The van der Waals surface area contributed by atoms with Crippen molar-refractivity contribution in [2.24, 2.45) is 0 Å². The number of carbonyl (C=O) groups excluding carboxylic acids is 1.